The molecule has 0 radical (unpaired) electrons. The molecule has 2 heteroatoms. The molecule has 0 saturated heterocycles. The molecule has 3 saturated carbocycles. The highest BCUT2D eigenvalue weighted by molar-refractivity contribution is 5.38. The second kappa shape index (κ2) is 3.45. The van der Waals surface area contributed by atoms with E-state index < -0.39 is 0 Å². The standard InChI is InChI=1S/C17H28N2/c1-11-13(15(2,3)4)14(16(5,6)7)18-19(11)17-8-12(9-17)10-17/h12H,8-10H2,1-7H3. The monoisotopic (exact) mass is 260 g/mol. The van der Waals surface area contributed by atoms with Crippen LogP contribution >= 0.6 is 0 Å². The van der Waals surface area contributed by atoms with E-state index in [1.807, 2.05) is 0 Å². The summed E-state index contributed by atoms with van der Waals surface area (Å²) < 4.78 is 2.40. The molecule has 0 aliphatic heterocycles. The van der Waals surface area contributed by atoms with Gasteiger partial charge in [0, 0.05) is 16.7 Å². The van der Waals surface area contributed by atoms with Crippen molar-refractivity contribution in [1.29, 1.82) is 0 Å². The van der Waals surface area contributed by atoms with E-state index >= 15 is 0 Å². The van der Waals surface area contributed by atoms with Crippen LogP contribution < -0.4 is 0 Å². The molecule has 3 aliphatic rings. The van der Waals surface area contributed by atoms with Crippen molar-refractivity contribution in [2.75, 3.05) is 0 Å². The van der Waals surface area contributed by atoms with Gasteiger partial charge in [-0.05, 0) is 37.5 Å². The molecule has 3 aliphatic carbocycles. The first-order valence-corrected chi connectivity index (χ1v) is 7.66. The number of nitrogens with zero attached hydrogens (tertiary/aromatic N) is 2. The van der Waals surface area contributed by atoms with Crippen LogP contribution in [0.2, 0.25) is 0 Å². The molecule has 1 aromatic rings. The Bertz CT molecular complexity index is 506. The minimum atomic E-state index is 0.127. The van der Waals surface area contributed by atoms with Crippen molar-refractivity contribution in [1.82, 2.24) is 9.78 Å². The van der Waals surface area contributed by atoms with Gasteiger partial charge in [-0.1, -0.05) is 41.5 Å². The van der Waals surface area contributed by atoms with Crippen LogP contribution in [0.15, 0.2) is 0 Å². The summed E-state index contributed by atoms with van der Waals surface area (Å²) in [6.07, 6.45) is 4.09. The first kappa shape index (κ1) is 13.2. The molecule has 106 valence electrons. The predicted octanol–water partition coefficient (Wildman–Crippen LogP) is 4.30. The van der Waals surface area contributed by atoms with E-state index in [2.05, 4.69) is 53.1 Å². The largest absolute Gasteiger partial charge is 0.263 e. The van der Waals surface area contributed by atoms with Gasteiger partial charge < -0.3 is 0 Å². The molecule has 3 fully saturated rings. The zero-order chi connectivity index (χ0) is 14.2. The molecule has 2 nitrogen and oxygen atoms in total. The molecule has 0 atom stereocenters. The van der Waals surface area contributed by atoms with Gasteiger partial charge >= 0.3 is 0 Å². The zero-order valence-corrected chi connectivity index (χ0v) is 13.6. The molecule has 19 heavy (non-hydrogen) atoms. The fourth-order valence-electron chi connectivity index (χ4n) is 4.08. The Hall–Kier alpha value is -0.790. The molecule has 1 heterocycles. The zero-order valence-electron chi connectivity index (χ0n) is 13.6. The molecule has 4 rings (SSSR count). The van der Waals surface area contributed by atoms with Gasteiger partial charge in [0.2, 0.25) is 0 Å². The summed E-state index contributed by atoms with van der Waals surface area (Å²) in [6, 6.07) is 0. The maximum Gasteiger partial charge on any atom is 0.0718 e. The van der Waals surface area contributed by atoms with Gasteiger partial charge in [-0.2, -0.15) is 5.10 Å². The van der Waals surface area contributed by atoms with Crippen LogP contribution in [0.4, 0.5) is 0 Å². The average molecular weight is 260 g/mol. The summed E-state index contributed by atoms with van der Waals surface area (Å²) in [4.78, 5) is 0. The Morgan fingerprint density at radius 3 is 1.79 bits per heavy atom. The van der Waals surface area contributed by atoms with Crippen molar-refractivity contribution in [2.45, 2.75) is 84.1 Å². The van der Waals surface area contributed by atoms with Crippen molar-refractivity contribution in [3.8, 4) is 0 Å². The van der Waals surface area contributed by atoms with Crippen molar-refractivity contribution in [3.63, 3.8) is 0 Å². The highest BCUT2D eigenvalue weighted by Gasteiger charge is 2.59. The number of hydrogen-bond acceptors (Lipinski definition) is 1. The third kappa shape index (κ3) is 1.71. The first-order chi connectivity index (χ1) is 8.55. The van der Waals surface area contributed by atoms with Crippen LogP contribution in [-0.4, -0.2) is 9.78 Å². The van der Waals surface area contributed by atoms with E-state index in [0.29, 0.717) is 5.54 Å². The van der Waals surface area contributed by atoms with Crippen LogP contribution in [0.3, 0.4) is 0 Å². The summed E-state index contributed by atoms with van der Waals surface area (Å²) in [5.74, 6) is 1.000. The van der Waals surface area contributed by atoms with Crippen molar-refractivity contribution in [2.24, 2.45) is 5.92 Å². The summed E-state index contributed by atoms with van der Waals surface area (Å²) >= 11 is 0. The number of rotatable bonds is 1. The van der Waals surface area contributed by atoms with E-state index in [9.17, 15) is 0 Å². The van der Waals surface area contributed by atoms with Crippen LogP contribution in [0, 0.1) is 12.8 Å². The molecule has 2 bridgehead atoms. The summed E-state index contributed by atoms with van der Waals surface area (Å²) in [5.41, 5.74) is 4.90. The molecule has 0 amide bonds. The lowest BCUT2D eigenvalue weighted by Crippen LogP contribution is -2.60. The molecular formula is C17H28N2. The maximum absolute atomic E-state index is 5.10. The highest BCUT2D eigenvalue weighted by Crippen LogP contribution is 2.62. The van der Waals surface area contributed by atoms with Crippen LogP contribution in [0.1, 0.15) is 77.8 Å². The summed E-state index contributed by atoms with van der Waals surface area (Å²) in [6.45, 7) is 16.1. The van der Waals surface area contributed by atoms with Crippen molar-refractivity contribution in [3.05, 3.63) is 17.0 Å². The van der Waals surface area contributed by atoms with Gasteiger partial charge in [0.15, 0.2) is 0 Å². The Kier molecular flexibility index (Phi) is 2.40. The highest BCUT2D eigenvalue weighted by atomic mass is 15.4. The van der Waals surface area contributed by atoms with E-state index in [1.165, 1.54) is 36.2 Å². The molecule has 1 aromatic heterocycles. The SMILES string of the molecule is Cc1c(C(C)(C)C)c(C(C)(C)C)nn1C12CC(C1)C2. The van der Waals surface area contributed by atoms with Gasteiger partial charge in [0.1, 0.15) is 0 Å². The normalized spacial score (nSPS) is 29.9. The molecule has 0 aromatic carbocycles. The van der Waals surface area contributed by atoms with Crippen molar-refractivity contribution < 1.29 is 0 Å². The molecule has 0 N–H and O–H groups in total. The van der Waals surface area contributed by atoms with E-state index in [1.54, 1.807) is 0 Å². The van der Waals surface area contributed by atoms with Gasteiger partial charge in [-0.3, -0.25) is 4.68 Å². The van der Waals surface area contributed by atoms with Gasteiger partial charge in [0.25, 0.3) is 0 Å². The number of hydrogen-bond donors (Lipinski definition) is 0. The van der Waals surface area contributed by atoms with Gasteiger partial charge in [0.05, 0.1) is 11.2 Å². The lowest BCUT2D eigenvalue weighted by Gasteiger charge is -2.61. The molecular weight excluding hydrogens is 232 g/mol. The van der Waals surface area contributed by atoms with E-state index in [-0.39, 0.29) is 10.8 Å². The average Bonchev–Trinajstić information content (AvgIpc) is 2.36. The predicted molar refractivity (Wildman–Crippen MR) is 79.7 cm³/mol. The lowest BCUT2D eigenvalue weighted by molar-refractivity contribution is -0.0995. The fourth-order valence-corrected chi connectivity index (χ4v) is 4.08. The quantitative estimate of drug-likeness (QED) is 0.736. The summed E-state index contributed by atoms with van der Waals surface area (Å²) in [7, 11) is 0. The number of aromatic nitrogens is 2. The van der Waals surface area contributed by atoms with Crippen molar-refractivity contribution >= 4 is 0 Å². The second-order valence-corrected chi connectivity index (χ2v) is 8.92. The Balaban J connectivity index is 2.16. The van der Waals surface area contributed by atoms with E-state index in [4.69, 9.17) is 5.10 Å². The topological polar surface area (TPSA) is 17.8 Å². The third-order valence-electron chi connectivity index (χ3n) is 5.03. The van der Waals surface area contributed by atoms with Crippen LogP contribution in [-0.2, 0) is 16.4 Å². The fraction of sp³-hybridized carbons (Fsp3) is 0.824. The van der Waals surface area contributed by atoms with Gasteiger partial charge in [-0.25, -0.2) is 0 Å². The lowest BCUT2D eigenvalue weighted by atomic mass is 9.50. The van der Waals surface area contributed by atoms with Gasteiger partial charge in [-0.15, -0.1) is 0 Å². The smallest absolute Gasteiger partial charge is 0.0718 e. The Morgan fingerprint density at radius 1 is 1.00 bits per heavy atom. The van der Waals surface area contributed by atoms with Crippen LogP contribution in [0.25, 0.3) is 0 Å². The maximum atomic E-state index is 5.10. The van der Waals surface area contributed by atoms with E-state index in [0.717, 1.165) is 5.92 Å². The Labute approximate surface area is 117 Å². The van der Waals surface area contributed by atoms with Crippen LogP contribution in [0.5, 0.6) is 0 Å². The summed E-state index contributed by atoms with van der Waals surface area (Å²) in [5, 5.41) is 5.10. The minimum absolute atomic E-state index is 0.127. The molecule has 0 unspecified atom stereocenters. The Morgan fingerprint density at radius 2 is 1.53 bits per heavy atom. The first-order valence-electron chi connectivity index (χ1n) is 7.66. The molecule has 0 spiro atoms. The minimum Gasteiger partial charge on any atom is -0.263 e. The third-order valence-corrected chi connectivity index (χ3v) is 5.03. The second-order valence-electron chi connectivity index (χ2n) is 8.92.